The molecule has 1 aromatic rings. The molecule has 130 valence electrons. The van der Waals surface area contributed by atoms with Gasteiger partial charge in [-0.05, 0) is 38.0 Å². The molecule has 3 N–H and O–H groups in total. The van der Waals surface area contributed by atoms with Gasteiger partial charge in [0.15, 0.2) is 0 Å². The van der Waals surface area contributed by atoms with Crippen molar-refractivity contribution in [3.8, 4) is 0 Å². The van der Waals surface area contributed by atoms with Gasteiger partial charge in [0.05, 0.1) is 11.3 Å². The molecule has 23 heavy (non-hydrogen) atoms. The monoisotopic (exact) mass is 344 g/mol. The van der Waals surface area contributed by atoms with Gasteiger partial charge in [0.25, 0.3) is 0 Å². The molecule has 1 rings (SSSR count). The Morgan fingerprint density at radius 1 is 1.39 bits per heavy atom. The van der Waals surface area contributed by atoms with Gasteiger partial charge in [0.2, 0.25) is 10.0 Å². The molecule has 0 spiro atoms. The predicted molar refractivity (Wildman–Crippen MR) is 88.5 cm³/mol. The average Bonchev–Trinajstić information content (AvgIpc) is 2.51. The summed E-state index contributed by atoms with van der Waals surface area (Å²) in [6.07, 6.45) is 1.34. The van der Waals surface area contributed by atoms with Crippen LogP contribution in [0.3, 0.4) is 0 Å². The molecule has 0 unspecified atom stereocenters. The third-order valence-electron chi connectivity index (χ3n) is 3.35. The summed E-state index contributed by atoms with van der Waals surface area (Å²) in [5, 5.41) is 12.2. The van der Waals surface area contributed by atoms with E-state index < -0.39 is 16.0 Å². The summed E-state index contributed by atoms with van der Waals surface area (Å²) >= 11 is 0. The molecular weight excluding hydrogens is 320 g/mol. The fraction of sp³-hybridized carbons (Fsp3) is 0.533. The summed E-state index contributed by atoms with van der Waals surface area (Å²) in [6, 6.07) is 4.11. The van der Waals surface area contributed by atoms with Gasteiger partial charge in [0.1, 0.15) is 4.90 Å². The van der Waals surface area contributed by atoms with Crippen molar-refractivity contribution >= 4 is 21.7 Å². The number of carboxylic acids is 1. The number of hydrogen-bond acceptors (Lipinski definition) is 5. The van der Waals surface area contributed by atoms with Crippen molar-refractivity contribution < 1.29 is 23.1 Å². The number of sulfonamides is 1. The fourth-order valence-corrected chi connectivity index (χ4v) is 3.13. The van der Waals surface area contributed by atoms with E-state index in [1.165, 1.54) is 18.2 Å². The molecule has 0 aliphatic carbocycles. The van der Waals surface area contributed by atoms with Crippen molar-refractivity contribution in [1.82, 2.24) is 4.72 Å². The molecule has 0 amide bonds. The number of carboxylic acid groups (broad SMARTS) is 1. The summed E-state index contributed by atoms with van der Waals surface area (Å²) in [6.45, 7) is 4.56. The van der Waals surface area contributed by atoms with Gasteiger partial charge < -0.3 is 15.2 Å². The van der Waals surface area contributed by atoms with Crippen molar-refractivity contribution in [2.75, 3.05) is 25.6 Å². The summed E-state index contributed by atoms with van der Waals surface area (Å²) in [4.78, 5) is 11.1. The summed E-state index contributed by atoms with van der Waals surface area (Å²) in [7, 11) is -2.27. The highest BCUT2D eigenvalue weighted by molar-refractivity contribution is 7.89. The first-order valence-electron chi connectivity index (χ1n) is 7.44. The highest BCUT2D eigenvalue weighted by Gasteiger charge is 2.21. The van der Waals surface area contributed by atoms with Crippen molar-refractivity contribution in [1.29, 1.82) is 0 Å². The van der Waals surface area contributed by atoms with Crippen molar-refractivity contribution in [3.05, 3.63) is 23.8 Å². The van der Waals surface area contributed by atoms with Crippen LogP contribution >= 0.6 is 0 Å². The first-order chi connectivity index (χ1) is 10.8. The lowest BCUT2D eigenvalue weighted by Crippen LogP contribution is -2.27. The first kappa shape index (κ1) is 19.4. The van der Waals surface area contributed by atoms with Gasteiger partial charge in [-0.1, -0.05) is 6.92 Å². The molecule has 1 aromatic carbocycles. The molecule has 7 nitrogen and oxygen atoms in total. The lowest BCUT2D eigenvalue weighted by atomic mass is 10.2. The number of nitrogens with one attached hydrogen (secondary N) is 2. The van der Waals surface area contributed by atoms with Crippen LogP contribution in [0, 0.1) is 0 Å². The van der Waals surface area contributed by atoms with Crippen LogP contribution in [0.1, 0.15) is 37.0 Å². The third-order valence-corrected chi connectivity index (χ3v) is 4.85. The highest BCUT2D eigenvalue weighted by atomic mass is 32.2. The van der Waals surface area contributed by atoms with Crippen molar-refractivity contribution in [3.63, 3.8) is 0 Å². The first-order valence-corrected chi connectivity index (χ1v) is 8.92. The van der Waals surface area contributed by atoms with Crippen LogP contribution in [0.15, 0.2) is 23.1 Å². The highest BCUT2D eigenvalue weighted by Crippen LogP contribution is 2.24. The summed E-state index contributed by atoms with van der Waals surface area (Å²) in [5.74, 6) is -1.17. The van der Waals surface area contributed by atoms with Crippen molar-refractivity contribution in [2.45, 2.75) is 37.6 Å². The second-order valence-corrected chi connectivity index (χ2v) is 6.95. The molecule has 0 saturated heterocycles. The number of ether oxygens (including phenoxy) is 1. The molecule has 0 aliphatic rings. The zero-order valence-electron chi connectivity index (χ0n) is 13.6. The Kier molecular flexibility index (Phi) is 7.47. The van der Waals surface area contributed by atoms with Gasteiger partial charge >= 0.3 is 5.97 Å². The van der Waals surface area contributed by atoms with Crippen LogP contribution in [-0.4, -0.2) is 45.8 Å². The number of carbonyl (C=O) groups is 1. The SMILES string of the molecule is CC[C@H](C)Nc1ccc(C(=O)O)cc1S(=O)(=O)NCCCOC. The maximum absolute atomic E-state index is 12.5. The number of anilines is 1. The standard InChI is InChI=1S/C15H24N2O5S/c1-4-11(2)17-13-7-6-12(15(18)19)10-14(13)23(20,21)16-8-5-9-22-3/h6-7,10-11,16-17H,4-5,8-9H2,1-3H3,(H,18,19)/t11-/m0/s1. The smallest absolute Gasteiger partial charge is 0.335 e. The lowest BCUT2D eigenvalue weighted by molar-refractivity contribution is 0.0696. The molecular formula is C15H24N2O5S. The van der Waals surface area contributed by atoms with E-state index in [0.717, 1.165) is 6.42 Å². The van der Waals surface area contributed by atoms with Crippen LogP contribution in [0.25, 0.3) is 0 Å². The van der Waals surface area contributed by atoms with Gasteiger partial charge in [-0.15, -0.1) is 0 Å². The Hall–Kier alpha value is -1.64. The van der Waals surface area contributed by atoms with E-state index in [0.29, 0.717) is 18.7 Å². The van der Waals surface area contributed by atoms with E-state index in [1.807, 2.05) is 13.8 Å². The lowest BCUT2D eigenvalue weighted by Gasteiger charge is -2.17. The van der Waals surface area contributed by atoms with Crippen LogP contribution in [-0.2, 0) is 14.8 Å². The summed E-state index contributed by atoms with van der Waals surface area (Å²) in [5.41, 5.74) is 0.320. The van der Waals surface area contributed by atoms with Gasteiger partial charge in [0, 0.05) is 26.3 Å². The van der Waals surface area contributed by atoms with Crippen LogP contribution < -0.4 is 10.0 Å². The number of benzene rings is 1. The quantitative estimate of drug-likeness (QED) is 0.560. The predicted octanol–water partition coefficient (Wildman–Crippen LogP) is 1.91. The third kappa shape index (κ3) is 5.81. The molecule has 8 heteroatoms. The van der Waals surface area contributed by atoms with Gasteiger partial charge in [-0.25, -0.2) is 17.9 Å². The minimum Gasteiger partial charge on any atom is -0.478 e. The van der Waals surface area contributed by atoms with Crippen LogP contribution in [0.4, 0.5) is 5.69 Å². The topological polar surface area (TPSA) is 105 Å². The zero-order chi connectivity index (χ0) is 17.5. The van der Waals surface area contributed by atoms with E-state index in [2.05, 4.69) is 10.0 Å². The normalized spacial score (nSPS) is 12.8. The average molecular weight is 344 g/mol. The maximum atomic E-state index is 12.5. The van der Waals surface area contributed by atoms with Crippen LogP contribution in [0.2, 0.25) is 0 Å². The minimum atomic E-state index is -3.81. The Labute approximate surface area is 137 Å². The molecule has 0 radical (unpaired) electrons. The molecule has 0 bridgehead atoms. The Bertz CT molecular complexity index is 631. The maximum Gasteiger partial charge on any atom is 0.335 e. The second-order valence-electron chi connectivity index (χ2n) is 5.21. The zero-order valence-corrected chi connectivity index (χ0v) is 14.4. The molecule has 1 atom stereocenters. The minimum absolute atomic E-state index is 0.0601. The second kappa shape index (κ2) is 8.85. The molecule has 0 saturated carbocycles. The van der Waals surface area contributed by atoms with E-state index in [-0.39, 0.29) is 23.0 Å². The van der Waals surface area contributed by atoms with Gasteiger partial charge in [-0.3, -0.25) is 0 Å². The Morgan fingerprint density at radius 2 is 2.09 bits per heavy atom. The Morgan fingerprint density at radius 3 is 2.65 bits per heavy atom. The number of aromatic carboxylic acids is 1. The van der Waals surface area contributed by atoms with Gasteiger partial charge in [-0.2, -0.15) is 0 Å². The number of methoxy groups -OCH3 is 1. The van der Waals surface area contributed by atoms with E-state index in [1.54, 1.807) is 7.11 Å². The molecule has 0 fully saturated rings. The van der Waals surface area contributed by atoms with Crippen molar-refractivity contribution in [2.24, 2.45) is 0 Å². The van der Waals surface area contributed by atoms with E-state index >= 15 is 0 Å². The molecule has 0 heterocycles. The fourth-order valence-electron chi connectivity index (χ4n) is 1.87. The van der Waals surface area contributed by atoms with E-state index in [4.69, 9.17) is 9.84 Å². The number of hydrogen-bond donors (Lipinski definition) is 3. The molecule has 0 aromatic heterocycles. The number of rotatable bonds is 10. The molecule has 0 aliphatic heterocycles. The largest absolute Gasteiger partial charge is 0.478 e. The van der Waals surface area contributed by atoms with E-state index in [9.17, 15) is 13.2 Å². The van der Waals surface area contributed by atoms with Crippen LogP contribution in [0.5, 0.6) is 0 Å². The summed E-state index contributed by atoms with van der Waals surface area (Å²) < 4.78 is 32.3. The Balaban J connectivity index is 3.12.